The Bertz CT molecular complexity index is 1890. The van der Waals surface area contributed by atoms with Crippen molar-refractivity contribution >= 4 is 0 Å². The molecule has 0 aliphatic carbocycles. The molecule has 24 fully saturated rings. The van der Waals surface area contributed by atoms with E-state index in [0.29, 0.717) is 0 Å². The fraction of sp³-hybridized carbons (Fsp3) is 1.00. The van der Waals surface area contributed by atoms with Gasteiger partial charge < -0.3 is 174 Å². The molecule has 0 aromatic carbocycles. The summed E-state index contributed by atoms with van der Waals surface area (Å²) in [5.41, 5.74) is 0. The summed E-state index contributed by atoms with van der Waals surface area (Å²) in [6, 6.07) is 0. The summed E-state index contributed by atoms with van der Waals surface area (Å²) in [4.78, 5) is 0. The van der Waals surface area contributed by atoms with Crippen molar-refractivity contribution in [2.75, 3.05) is 52.9 Å². The molecule has 0 amide bonds. The Labute approximate surface area is 459 Å². The SMILES string of the molecule is OC[C@H]1O[C@H]2O[C@@H]3[C@H](O)[C@H](O)[C@H](O[C@@H]4[C@H](O)[C@H](O)[C@H](O[C@@H]5[C@H](O)[C@H](O)[C@H](O[C@@H]6[C@H](O)[C@H](O)[C@H](O[C@@H]7[C@H](O)[C@H](O)[C@H](O[C@@H]8[C@H](O)[C@H](O)[C@H](CCCCO[C@@H]1[C@H](O)[C@@H]2O)O[C@@H]8CO)O[C@@H]7CO)O[C@@H]6CO)O[C@@H]5CO)O[C@@H]4CO)O[C@@H]3CO. The van der Waals surface area contributed by atoms with Gasteiger partial charge >= 0.3 is 0 Å². The van der Waals surface area contributed by atoms with Crippen LogP contribution in [0.2, 0.25) is 0 Å². The number of hydrogen-bond donors (Lipinski definition) is 21. The molecule has 0 aromatic heterocycles. The quantitative estimate of drug-likeness (QED) is 0.113. The maximum atomic E-state index is 11.4. The van der Waals surface area contributed by atoms with Crippen molar-refractivity contribution in [2.24, 2.45) is 0 Å². The molecule has 0 spiro atoms. The van der Waals surface area contributed by atoms with E-state index in [1.165, 1.54) is 0 Å². The second kappa shape index (κ2) is 28.6. The van der Waals surface area contributed by atoms with Crippen molar-refractivity contribution in [3.8, 4) is 0 Å². The van der Waals surface area contributed by atoms with E-state index in [2.05, 4.69) is 0 Å². The van der Waals surface area contributed by atoms with Gasteiger partial charge in [-0.15, -0.1) is 0 Å². The van der Waals surface area contributed by atoms with Crippen LogP contribution in [0.4, 0.5) is 0 Å². The molecule has 24 heterocycles. The molecule has 35 nitrogen and oxygen atoms in total. The zero-order valence-corrected chi connectivity index (χ0v) is 43.1. The first-order valence-corrected chi connectivity index (χ1v) is 26.6. The summed E-state index contributed by atoms with van der Waals surface area (Å²) in [6.07, 6.45) is -65.2. The average Bonchev–Trinajstić information content (AvgIpc) is 3.67. The lowest BCUT2D eigenvalue weighted by Crippen LogP contribution is -2.68. The van der Waals surface area contributed by atoms with Gasteiger partial charge in [0, 0.05) is 6.61 Å². The highest BCUT2D eigenvalue weighted by molar-refractivity contribution is 5.01. The van der Waals surface area contributed by atoms with Crippen molar-refractivity contribution in [1.82, 2.24) is 0 Å². The summed E-state index contributed by atoms with van der Waals surface area (Å²) in [5, 5.41) is 230. The molecular formula is C46H78O35. The first kappa shape index (κ1) is 65.6. The minimum atomic E-state index is -2.21. The Morgan fingerprint density at radius 3 is 0.679 bits per heavy atom. The van der Waals surface area contributed by atoms with Gasteiger partial charge in [-0.1, -0.05) is 0 Å². The van der Waals surface area contributed by atoms with E-state index in [9.17, 15) is 107 Å². The molecular weight excluding hydrogens is 1110 g/mol. The monoisotopic (exact) mass is 1190 g/mol. The van der Waals surface area contributed by atoms with Crippen molar-refractivity contribution in [3.05, 3.63) is 0 Å². The van der Waals surface area contributed by atoms with E-state index in [1.807, 2.05) is 0 Å². The fourth-order valence-electron chi connectivity index (χ4n) is 11.2. The van der Waals surface area contributed by atoms with Crippen LogP contribution < -0.4 is 0 Å². The molecule has 472 valence electrons. The second-order valence-corrected chi connectivity index (χ2v) is 21.1. The number of aliphatic hydroxyl groups is 21. The van der Waals surface area contributed by atoms with E-state index in [-0.39, 0.29) is 25.9 Å². The summed E-state index contributed by atoms with van der Waals surface area (Å²) < 4.78 is 80.2. The van der Waals surface area contributed by atoms with Crippen molar-refractivity contribution in [2.45, 2.75) is 234 Å². The maximum Gasteiger partial charge on any atom is 0.187 e. The standard InChI is InChI=1S/C46H78O35/c47-5-13-34-22(56)28(62)41(70-13)77-36-15(7-49)72-43(30(64)24(36)58)79-38-17(9-51)74-45(32(66)26(38)60)81-40-19(11-53)75-46(33(67)27(40)61)80-39-18(10-52)73-44(31(65)25(39)59)78-37-16(8-50)71-42(29(63)23(37)57)76-35-14(6-48)69-12(20(54)21(35)55)3-1-2-4-68-34/h12-67H,1-11H2/t12-,13+,14+,15+,16+,17+,18+,19+,20+,21+,22+,23+,24+,25+,26+,27+,28-,29-,30-,31-,32-,33-,34-,35-,36-,37-,38-,39-,40-,41-,42-,43-,44-,45-,46-/m0/s1. The number of ether oxygens (including phenoxy) is 14. The van der Waals surface area contributed by atoms with Crippen LogP contribution >= 0.6 is 0 Å². The molecule has 21 N–H and O–H groups in total. The number of rotatable bonds is 7. The largest absolute Gasteiger partial charge is 0.394 e. The highest BCUT2D eigenvalue weighted by atomic mass is 16.8. The number of aliphatic hydroxyl groups excluding tert-OH is 21. The summed E-state index contributed by atoms with van der Waals surface area (Å²) in [6.45, 7) is -6.92. The van der Waals surface area contributed by atoms with Crippen molar-refractivity contribution in [3.63, 3.8) is 0 Å². The van der Waals surface area contributed by atoms with Gasteiger partial charge in [0.05, 0.1) is 52.4 Å². The minimum absolute atomic E-state index is 0.00513. The molecule has 81 heavy (non-hydrogen) atoms. The van der Waals surface area contributed by atoms with Gasteiger partial charge in [0.15, 0.2) is 37.7 Å². The van der Waals surface area contributed by atoms with E-state index in [0.717, 1.165) is 0 Å². The van der Waals surface area contributed by atoms with Gasteiger partial charge in [-0.3, -0.25) is 0 Å². The summed E-state index contributed by atoms with van der Waals surface area (Å²) in [7, 11) is 0. The van der Waals surface area contributed by atoms with Gasteiger partial charge in [0.25, 0.3) is 0 Å². The van der Waals surface area contributed by atoms with Crippen LogP contribution in [0.1, 0.15) is 19.3 Å². The normalized spacial score (nSPS) is 53.8. The molecule has 0 aromatic rings. The molecule has 14 bridgehead atoms. The van der Waals surface area contributed by atoms with Gasteiger partial charge in [-0.05, 0) is 19.3 Å². The van der Waals surface area contributed by atoms with E-state index in [1.54, 1.807) is 0 Å². The lowest BCUT2D eigenvalue weighted by molar-refractivity contribution is -0.397. The second-order valence-electron chi connectivity index (χ2n) is 21.1. The Balaban J connectivity index is 1.02. The Morgan fingerprint density at radius 1 is 0.222 bits per heavy atom. The molecule has 35 heteroatoms. The van der Waals surface area contributed by atoms with Crippen LogP contribution in [-0.4, -0.2) is 375 Å². The average molecular weight is 1190 g/mol. The summed E-state index contributed by atoms with van der Waals surface area (Å²) in [5.74, 6) is 0. The Hall–Kier alpha value is -1.40. The smallest absolute Gasteiger partial charge is 0.187 e. The predicted molar refractivity (Wildman–Crippen MR) is 247 cm³/mol. The minimum Gasteiger partial charge on any atom is -0.394 e. The first-order chi connectivity index (χ1) is 38.7. The highest BCUT2D eigenvalue weighted by Gasteiger charge is 2.58. The maximum absolute atomic E-state index is 11.4. The van der Waals surface area contributed by atoms with Crippen molar-refractivity contribution < 1.29 is 174 Å². The first-order valence-electron chi connectivity index (χ1n) is 26.6. The molecule has 0 unspecified atom stereocenters. The fourth-order valence-corrected chi connectivity index (χ4v) is 11.2. The lowest BCUT2D eigenvalue weighted by atomic mass is 9.92. The van der Waals surface area contributed by atoms with Crippen LogP contribution in [0.3, 0.4) is 0 Å². The predicted octanol–water partition coefficient (Wildman–Crippen LogP) is -14.0. The van der Waals surface area contributed by atoms with Crippen LogP contribution in [0.25, 0.3) is 0 Å². The van der Waals surface area contributed by atoms with Gasteiger partial charge in [0.2, 0.25) is 0 Å². The third-order valence-electron chi connectivity index (χ3n) is 15.8. The molecule has 24 aliphatic heterocycles. The zero-order valence-electron chi connectivity index (χ0n) is 43.1. The Morgan fingerprint density at radius 2 is 0.432 bits per heavy atom. The van der Waals surface area contributed by atoms with Crippen LogP contribution in [-0.2, 0) is 66.3 Å². The lowest BCUT2D eigenvalue weighted by Gasteiger charge is -2.50. The van der Waals surface area contributed by atoms with E-state index < -0.39 is 261 Å². The van der Waals surface area contributed by atoms with E-state index >= 15 is 0 Å². The number of hydrogen-bond acceptors (Lipinski definition) is 35. The molecule has 24 saturated heterocycles. The highest BCUT2D eigenvalue weighted by Crippen LogP contribution is 2.38. The number of fused-ring (bicyclic) bond motifs is 1. The topological polar surface area (TPSA) is 554 Å². The molecule has 24 aliphatic rings. The van der Waals surface area contributed by atoms with Crippen LogP contribution in [0.15, 0.2) is 0 Å². The molecule has 0 radical (unpaired) electrons. The van der Waals surface area contributed by atoms with Gasteiger partial charge in [-0.2, -0.15) is 0 Å². The third-order valence-corrected chi connectivity index (χ3v) is 15.8. The van der Waals surface area contributed by atoms with Crippen LogP contribution in [0.5, 0.6) is 0 Å². The molecule has 35 atom stereocenters. The van der Waals surface area contributed by atoms with Gasteiger partial charge in [-0.25, -0.2) is 0 Å². The van der Waals surface area contributed by atoms with Crippen molar-refractivity contribution in [1.29, 1.82) is 0 Å². The van der Waals surface area contributed by atoms with E-state index in [4.69, 9.17) is 66.3 Å². The summed E-state index contributed by atoms with van der Waals surface area (Å²) >= 11 is 0. The molecule has 24 rings (SSSR count). The Kier molecular flexibility index (Phi) is 23.2. The van der Waals surface area contributed by atoms with Gasteiger partial charge in [0.1, 0.15) is 171 Å². The van der Waals surface area contributed by atoms with Crippen LogP contribution in [0, 0.1) is 0 Å². The third kappa shape index (κ3) is 13.5. The zero-order chi connectivity index (χ0) is 58.9. The molecule has 0 saturated carbocycles.